The summed E-state index contributed by atoms with van der Waals surface area (Å²) in [5.41, 5.74) is 3.07. The Morgan fingerprint density at radius 2 is 1.95 bits per heavy atom. The molecule has 0 saturated heterocycles. The second-order valence-corrected chi connectivity index (χ2v) is 4.45. The number of rotatable bonds is 4. The van der Waals surface area contributed by atoms with Crippen LogP contribution in [0.4, 0.5) is 5.69 Å². The number of aromatic nitrogens is 4. The number of nitrogens with one attached hydrogen (secondary N) is 1. The molecule has 1 N–H and O–H groups in total. The van der Waals surface area contributed by atoms with Crippen molar-refractivity contribution in [2.75, 3.05) is 5.32 Å². The number of hydrogen-bond donors (Lipinski definition) is 1. The third-order valence-electron chi connectivity index (χ3n) is 2.94. The number of benzene rings is 1. The van der Waals surface area contributed by atoms with Gasteiger partial charge in [-0.05, 0) is 43.3 Å². The first kappa shape index (κ1) is 12.3. The molecule has 0 saturated carbocycles. The van der Waals surface area contributed by atoms with E-state index in [4.69, 9.17) is 0 Å². The van der Waals surface area contributed by atoms with Crippen LogP contribution in [0.25, 0.3) is 5.69 Å². The molecule has 2 aromatic heterocycles. The predicted molar refractivity (Wildman–Crippen MR) is 77.7 cm³/mol. The van der Waals surface area contributed by atoms with Crippen molar-refractivity contribution in [2.45, 2.75) is 13.5 Å². The minimum absolute atomic E-state index is 0.685. The first-order valence-electron chi connectivity index (χ1n) is 6.44. The smallest absolute Gasteiger partial charge is 0.125 e. The van der Waals surface area contributed by atoms with Gasteiger partial charge < -0.3 is 5.32 Å². The van der Waals surface area contributed by atoms with Gasteiger partial charge in [0.2, 0.25) is 0 Å². The minimum Gasteiger partial charge on any atom is -0.379 e. The molecule has 0 unspecified atom stereocenters. The number of anilines is 1. The lowest BCUT2D eigenvalue weighted by atomic mass is 10.2. The van der Waals surface area contributed by atoms with Crippen LogP contribution in [0, 0.1) is 6.92 Å². The molecule has 0 aliphatic rings. The van der Waals surface area contributed by atoms with Crippen LogP contribution >= 0.6 is 0 Å². The van der Waals surface area contributed by atoms with E-state index in [-0.39, 0.29) is 0 Å². The van der Waals surface area contributed by atoms with Crippen molar-refractivity contribution < 1.29 is 0 Å². The van der Waals surface area contributed by atoms with Gasteiger partial charge in [0, 0.05) is 24.3 Å². The van der Waals surface area contributed by atoms with Gasteiger partial charge in [0.15, 0.2) is 0 Å². The summed E-state index contributed by atoms with van der Waals surface area (Å²) in [6, 6.07) is 11.9. The highest BCUT2D eigenvalue weighted by Crippen LogP contribution is 2.13. The Morgan fingerprint density at radius 3 is 2.65 bits per heavy atom. The van der Waals surface area contributed by atoms with E-state index in [9.17, 15) is 0 Å². The fourth-order valence-corrected chi connectivity index (χ4v) is 1.95. The summed E-state index contributed by atoms with van der Waals surface area (Å²) in [7, 11) is 0. The quantitative estimate of drug-likeness (QED) is 0.787. The number of aryl methyl sites for hydroxylation is 1. The topological polar surface area (TPSA) is 55.6 Å². The minimum atomic E-state index is 0.685. The Balaban J connectivity index is 1.67. The molecule has 0 spiro atoms. The van der Waals surface area contributed by atoms with Crippen molar-refractivity contribution >= 4 is 5.69 Å². The third-order valence-corrected chi connectivity index (χ3v) is 2.94. The van der Waals surface area contributed by atoms with Crippen LogP contribution < -0.4 is 5.32 Å². The van der Waals surface area contributed by atoms with E-state index < -0.39 is 0 Å². The zero-order valence-corrected chi connectivity index (χ0v) is 11.2. The molecular formula is C15H15N5. The molecular weight excluding hydrogens is 250 g/mol. The molecule has 0 aliphatic heterocycles. The first-order valence-corrected chi connectivity index (χ1v) is 6.44. The predicted octanol–water partition coefficient (Wildman–Crippen LogP) is 2.58. The van der Waals surface area contributed by atoms with Crippen molar-refractivity contribution in [3.05, 3.63) is 66.5 Å². The third kappa shape index (κ3) is 2.83. The van der Waals surface area contributed by atoms with Gasteiger partial charge in [-0.2, -0.15) is 5.10 Å². The second kappa shape index (κ2) is 5.52. The highest BCUT2D eigenvalue weighted by molar-refractivity contribution is 5.48. The van der Waals surface area contributed by atoms with E-state index >= 15 is 0 Å². The van der Waals surface area contributed by atoms with Gasteiger partial charge in [-0.25, -0.2) is 14.6 Å². The summed E-state index contributed by atoms with van der Waals surface area (Å²) in [6.07, 6.45) is 5.47. The standard InChI is InChI=1S/C15H15N5/c1-12-16-9-7-14(19-12)11-17-13-3-5-15(6-4-13)20-10-2-8-18-20/h2-10,17H,11H2,1H3. The average molecular weight is 265 g/mol. The molecule has 0 fully saturated rings. The molecule has 20 heavy (non-hydrogen) atoms. The summed E-state index contributed by atoms with van der Waals surface area (Å²) in [5.74, 6) is 0.790. The van der Waals surface area contributed by atoms with E-state index in [1.807, 2.05) is 54.2 Å². The van der Waals surface area contributed by atoms with Gasteiger partial charge in [0.05, 0.1) is 17.9 Å². The zero-order chi connectivity index (χ0) is 13.8. The molecule has 0 bridgehead atoms. The Hall–Kier alpha value is -2.69. The van der Waals surface area contributed by atoms with Crippen molar-refractivity contribution in [2.24, 2.45) is 0 Å². The Bertz CT molecular complexity index is 674. The fourth-order valence-electron chi connectivity index (χ4n) is 1.95. The molecule has 0 atom stereocenters. The van der Waals surface area contributed by atoms with Crippen LogP contribution in [0.3, 0.4) is 0 Å². The number of hydrogen-bond acceptors (Lipinski definition) is 4. The molecule has 2 heterocycles. The van der Waals surface area contributed by atoms with Gasteiger partial charge >= 0.3 is 0 Å². The van der Waals surface area contributed by atoms with E-state index in [1.54, 1.807) is 12.4 Å². The summed E-state index contributed by atoms with van der Waals surface area (Å²) >= 11 is 0. The van der Waals surface area contributed by atoms with Gasteiger partial charge in [-0.15, -0.1) is 0 Å². The van der Waals surface area contributed by atoms with Gasteiger partial charge in [-0.1, -0.05) is 0 Å². The summed E-state index contributed by atoms with van der Waals surface area (Å²) in [4.78, 5) is 8.45. The maximum Gasteiger partial charge on any atom is 0.125 e. The normalized spacial score (nSPS) is 10.4. The zero-order valence-electron chi connectivity index (χ0n) is 11.2. The first-order chi connectivity index (χ1) is 9.81. The molecule has 0 radical (unpaired) electrons. The van der Waals surface area contributed by atoms with E-state index in [1.165, 1.54) is 0 Å². The lowest BCUT2D eigenvalue weighted by Gasteiger charge is -2.07. The summed E-state index contributed by atoms with van der Waals surface area (Å²) < 4.78 is 1.83. The Morgan fingerprint density at radius 1 is 1.10 bits per heavy atom. The second-order valence-electron chi connectivity index (χ2n) is 4.45. The molecule has 3 rings (SSSR count). The Kier molecular flexibility index (Phi) is 3.41. The molecule has 3 aromatic rings. The van der Waals surface area contributed by atoms with E-state index in [0.717, 1.165) is 22.9 Å². The van der Waals surface area contributed by atoms with Gasteiger partial charge in [0.1, 0.15) is 5.82 Å². The fraction of sp³-hybridized carbons (Fsp3) is 0.133. The largest absolute Gasteiger partial charge is 0.379 e. The summed E-state index contributed by atoms with van der Waals surface area (Å²) in [5, 5.41) is 7.54. The van der Waals surface area contributed by atoms with Crippen molar-refractivity contribution in [1.29, 1.82) is 0 Å². The highest BCUT2D eigenvalue weighted by Gasteiger charge is 1.98. The van der Waals surface area contributed by atoms with Crippen LogP contribution in [0.15, 0.2) is 55.0 Å². The van der Waals surface area contributed by atoms with Crippen molar-refractivity contribution in [3.63, 3.8) is 0 Å². The van der Waals surface area contributed by atoms with Crippen LogP contribution in [-0.2, 0) is 6.54 Å². The molecule has 5 heteroatoms. The van der Waals surface area contributed by atoms with Crippen molar-refractivity contribution in [3.8, 4) is 5.69 Å². The van der Waals surface area contributed by atoms with E-state index in [0.29, 0.717) is 6.54 Å². The van der Waals surface area contributed by atoms with Crippen molar-refractivity contribution in [1.82, 2.24) is 19.7 Å². The van der Waals surface area contributed by atoms with Crippen LogP contribution in [0.5, 0.6) is 0 Å². The Labute approximate surface area is 117 Å². The van der Waals surface area contributed by atoms with Crippen LogP contribution in [0.2, 0.25) is 0 Å². The monoisotopic (exact) mass is 265 g/mol. The van der Waals surface area contributed by atoms with Crippen LogP contribution in [0.1, 0.15) is 11.5 Å². The molecule has 0 amide bonds. The van der Waals surface area contributed by atoms with Gasteiger partial charge in [0.25, 0.3) is 0 Å². The molecule has 1 aromatic carbocycles. The SMILES string of the molecule is Cc1nccc(CNc2ccc(-n3cccn3)cc2)n1. The maximum atomic E-state index is 4.36. The van der Waals surface area contributed by atoms with Crippen LogP contribution in [-0.4, -0.2) is 19.7 Å². The number of nitrogens with zero attached hydrogens (tertiary/aromatic N) is 4. The van der Waals surface area contributed by atoms with Gasteiger partial charge in [-0.3, -0.25) is 0 Å². The highest BCUT2D eigenvalue weighted by atomic mass is 15.3. The van der Waals surface area contributed by atoms with E-state index in [2.05, 4.69) is 20.4 Å². The molecule has 100 valence electrons. The maximum absolute atomic E-state index is 4.36. The average Bonchev–Trinajstić information content (AvgIpc) is 3.00. The lowest BCUT2D eigenvalue weighted by Crippen LogP contribution is -2.03. The molecule has 0 aliphatic carbocycles. The molecule has 5 nitrogen and oxygen atoms in total. The lowest BCUT2D eigenvalue weighted by molar-refractivity contribution is 0.880. The summed E-state index contributed by atoms with van der Waals surface area (Å²) in [6.45, 7) is 2.58.